The van der Waals surface area contributed by atoms with E-state index in [1.165, 1.54) is 77.5 Å². The first-order valence-corrected chi connectivity index (χ1v) is 8.62. The number of rotatable bonds is 1. The number of fused-ring (bicyclic) bond motifs is 1. The molecule has 2 unspecified atom stereocenters. The summed E-state index contributed by atoms with van der Waals surface area (Å²) in [6.45, 7) is 10.4. The highest BCUT2D eigenvalue weighted by Crippen LogP contribution is 2.38. The van der Waals surface area contributed by atoms with Gasteiger partial charge in [-0.25, -0.2) is 0 Å². The maximum atomic E-state index is 2.87. The maximum Gasteiger partial charge on any atom is 0.0223 e. The Kier molecular flexibility index (Phi) is 4.19. The molecule has 0 radical (unpaired) electrons. The molecule has 3 rings (SSSR count). The van der Waals surface area contributed by atoms with Crippen molar-refractivity contribution in [3.8, 4) is 0 Å². The van der Waals surface area contributed by atoms with Gasteiger partial charge in [0.05, 0.1) is 0 Å². The molecule has 110 valence electrons. The normalized spacial score (nSPS) is 37.6. The highest BCUT2D eigenvalue weighted by Gasteiger charge is 2.34. The van der Waals surface area contributed by atoms with Gasteiger partial charge in [-0.1, -0.05) is 26.7 Å². The molecule has 0 N–H and O–H groups in total. The molecule has 2 atom stereocenters. The second-order valence-electron chi connectivity index (χ2n) is 7.95. The lowest BCUT2D eigenvalue weighted by Gasteiger charge is -2.43. The fraction of sp³-hybridized carbons (Fsp3) is 1.00. The Morgan fingerprint density at radius 2 is 1.53 bits per heavy atom. The fourth-order valence-electron chi connectivity index (χ4n) is 4.70. The summed E-state index contributed by atoms with van der Waals surface area (Å²) in [6.07, 6.45) is 11.5. The van der Waals surface area contributed by atoms with E-state index in [2.05, 4.69) is 23.6 Å². The molecule has 2 aliphatic heterocycles. The number of piperidine rings is 1. The first-order valence-electron chi connectivity index (χ1n) is 8.62. The van der Waals surface area contributed by atoms with Gasteiger partial charge >= 0.3 is 0 Å². The van der Waals surface area contributed by atoms with E-state index in [0.717, 1.165) is 12.1 Å². The zero-order chi connectivity index (χ0) is 13.3. The van der Waals surface area contributed by atoms with Gasteiger partial charge in [0, 0.05) is 18.6 Å². The lowest BCUT2D eigenvalue weighted by molar-refractivity contribution is 0.0736. The molecule has 1 saturated carbocycles. The van der Waals surface area contributed by atoms with Crippen molar-refractivity contribution in [2.75, 3.05) is 26.2 Å². The number of nitrogens with zero attached hydrogens (tertiary/aromatic N) is 2. The van der Waals surface area contributed by atoms with E-state index in [9.17, 15) is 0 Å². The molecule has 2 nitrogen and oxygen atoms in total. The average molecular weight is 264 g/mol. The van der Waals surface area contributed by atoms with Crippen molar-refractivity contribution >= 4 is 0 Å². The van der Waals surface area contributed by atoms with Crippen LogP contribution in [0.2, 0.25) is 0 Å². The molecule has 3 fully saturated rings. The Labute approximate surface area is 119 Å². The number of hydrogen-bond donors (Lipinski definition) is 0. The van der Waals surface area contributed by atoms with E-state index < -0.39 is 0 Å². The largest absolute Gasteiger partial charge is 0.299 e. The van der Waals surface area contributed by atoms with Gasteiger partial charge in [-0.05, 0) is 63.6 Å². The quantitative estimate of drug-likeness (QED) is 0.715. The minimum Gasteiger partial charge on any atom is -0.299 e. The topological polar surface area (TPSA) is 6.48 Å². The zero-order valence-electron chi connectivity index (χ0n) is 13.0. The lowest BCUT2D eigenvalue weighted by Crippen LogP contribution is -2.48. The fourth-order valence-corrected chi connectivity index (χ4v) is 4.70. The molecular weight excluding hydrogens is 232 g/mol. The molecule has 2 heteroatoms. The molecule has 0 bridgehead atoms. The number of hydrogen-bond acceptors (Lipinski definition) is 2. The van der Waals surface area contributed by atoms with Crippen LogP contribution in [0.5, 0.6) is 0 Å². The summed E-state index contributed by atoms with van der Waals surface area (Å²) < 4.78 is 0. The molecular formula is C17H32N2. The minimum absolute atomic E-state index is 0.585. The van der Waals surface area contributed by atoms with Crippen molar-refractivity contribution in [2.24, 2.45) is 5.41 Å². The molecule has 19 heavy (non-hydrogen) atoms. The lowest BCUT2D eigenvalue weighted by atomic mass is 9.74. The molecule has 0 spiro atoms. The Balaban J connectivity index is 1.64. The van der Waals surface area contributed by atoms with Crippen LogP contribution in [-0.2, 0) is 0 Å². The van der Waals surface area contributed by atoms with Gasteiger partial charge in [0.25, 0.3) is 0 Å². The standard InChI is InChI=1S/C17H32N2/c1-17(2)9-5-8-15(13-17)19-12-6-11-18-10-4-3-7-16(18)14-19/h15-16H,3-14H2,1-2H3. The highest BCUT2D eigenvalue weighted by atomic mass is 15.3. The summed E-state index contributed by atoms with van der Waals surface area (Å²) >= 11 is 0. The summed E-state index contributed by atoms with van der Waals surface area (Å²) in [7, 11) is 0. The van der Waals surface area contributed by atoms with Crippen LogP contribution in [0.4, 0.5) is 0 Å². The third kappa shape index (κ3) is 3.33. The van der Waals surface area contributed by atoms with Crippen LogP contribution in [0.1, 0.15) is 65.2 Å². The Morgan fingerprint density at radius 3 is 2.37 bits per heavy atom. The molecule has 0 amide bonds. The van der Waals surface area contributed by atoms with Crippen LogP contribution in [0.3, 0.4) is 0 Å². The Bertz CT molecular complexity index is 300. The molecule has 1 aliphatic carbocycles. The van der Waals surface area contributed by atoms with Crippen molar-refractivity contribution in [3.63, 3.8) is 0 Å². The van der Waals surface area contributed by atoms with Gasteiger partial charge < -0.3 is 0 Å². The van der Waals surface area contributed by atoms with Crippen LogP contribution in [-0.4, -0.2) is 48.1 Å². The van der Waals surface area contributed by atoms with Crippen LogP contribution in [0.15, 0.2) is 0 Å². The summed E-state index contributed by atoms with van der Waals surface area (Å²) in [5, 5.41) is 0. The predicted molar refractivity (Wildman–Crippen MR) is 81.4 cm³/mol. The Hall–Kier alpha value is -0.0800. The Morgan fingerprint density at radius 1 is 0.789 bits per heavy atom. The van der Waals surface area contributed by atoms with Crippen molar-refractivity contribution in [1.29, 1.82) is 0 Å². The smallest absolute Gasteiger partial charge is 0.0223 e. The second kappa shape index (κ2) is 5.73. The first-order chi connectivity index (χ1) is 9.14. The SMILES string of the molecule is CC1(C)CCCC(N2CCCN3CCCCC3C2)C1. The third-order valence-corrected chi connectivity index (χ3v) is 5.78. The van der Waals surface area contributed by atoms with Crippen molar-refractivity contribution in [2.45, 2.75) is 77.3 Å². The van der Waals surface area contributed by atoms with E-state index in [-0.39, 0.29) is 0 Å². The third-order valence-electron chi connectivity index (χ3n) is 5.78. The summed E-state index contributed by atoms with van der Waals surface area (Å²) in [5.41, 5.74) is 0.585. The van der Waals surface area contributed by atoms with E-state index in [1.807, 2.05) is 0 Å². The van der Waals surface area contributed by atoms with Gasteiger partial charge in [-0.15, -0.1) is 0 Å². The van der Waals surface area contributed by atoms with E-state index in [1.54, 1.807) is 0 Å². The minimum atomic E-state index is 0.585. The van der Waals surface area contributed by atoms with Gasteiger partial charge in [-0.2, -0.15) is 0 Å². The average Bonchev–Trinajstić information content (AvgIpc) is 2.59. The summed E-state index contributed by atoms with van der Waals surface area (Å²) in [6, 6.07) is 1.76. The highest BCUT2D eigenvalue weighted by molar-refractivity contribution is 4.90. The van der Waals surface area contributed by atoms with E-state index >= 15 is 0 Å². The molecule has 0 aromatic rings. The summed E-state index contributed by atoms with van der Waals surface area (Å²) in [5.74, 6) is 0. The van der Waals surface area contributed by atoms with Gasteiger partial charge in [0.15, 0.2) is 0 Å². The predicted octanol–water partition coefficient (Wildman–Crippen LogP) is 3.52. The van der Waals surface area contributed by atoms with Gasteiger partial charge in [-0.3, -0.25) is 9.80 Å². The van der Waals surface area contributed by atoms with Crippen molar-refractivity contribution in [3.05, 3.63) is 0 Å². The van der Waals surface area contributed by atoms with Crippen LogP contribution in [0.25, 0.3) is 0 Å². The first kappa shape index (κ1) is 13.9. The van der Waals surface area contributed by atoms with E-state index in [0.29, 0.717) is 5.41 Å². The summed E-state index contributed by atoms with van der Waals surface area (Å²) in [4.78, 5) is 5.66. The van der Waals surface area contributed by atoms with Gasteiger partial charge in [0.1, 0.15) is 0 Å². The second-order valence-corrected chi connectivity index (χ2v) is 7.95. The van der Waals surface area contributed by atoms with Gasteiger partial charge in [0.2, 0.25) is 0 Å². The van der Waals surface area contributed by atoms with Crippen LogP contribution in [0, 0.1) is 5.41 Å². The zero-order valence-corrected chi connectivity index (χ0v) is 13.0. The molecule has 3 aliphatic rings. The van der Waals surface area contributed by atoms with Crippen LogP contribution >= 0.6 is 0 Å². The molecule has 2 saturated heterocycles. The molecule has 2 heterocycles. The van der Waals surface area contributed by atoms with Crippen molar-refractivity contribution < 1.29 is 0 Å². The van der Waals surface area contributed by atoms with E-state index in [4.69, 9.17) is 0 Å². The molecule has 0 aromatic heterocycles. The van der Waals surface area contributed by atoms with Crippen LogP contribution < -0.4 is 0 Å². The maximum absolute atomic E-state index is 2.87. The molecule has 0 aromatic carbocycles. The monoisotopic (exact) mass is 264 g/mol. The van der Waals surface area contributed by atoms with Crippen molar-refractivity contribution in [1.82, 2.24) is 9.80 Å².